The first-order chi connectivity index (χ1) is 19.3. The minimum Gasteiger partial charge on any atom is -0.450 e. The quantitative estimate of drug-likeness (QED) is 0.312. The molecule has 2 aliphatic rings. The Morgan fingerprint density at radius 1 is 0.900 bits per heavy atom. The van der Waals surface area contributed by atoms with Crippen LogP contribution in [0.3, 0.4) is 0 Å². The number of halogens is 1. The van der Waals surface area contributed by atoms with Gasteiger partial charge in [-0.3, -0.25) is 19.3 Å². The Balaban J connectivity index is 1.58. The van der Waals surface area contributed by atoms with Crippen LogP contribution in [0.4, 0.5) is 15.9 Å². The van der Waals surface area contributed by atoms with Gasteiger partial charge in [-0.15, -0.1) is 0 Å². The Labute approximate surface area is 228 Å². The number of benzene rings is 3. The third kappa shape index (κ3) is 3.10. The summed E-state index contributed by atoms with van der Waals surface area (Å²) in [6.07, 6.45) is 1.55. The van der Waals surface area contributed by atoms with Crippen molar-refractivity contribution in [3.63, 3.8) is 0 Å². The molecule has 7 nitrogen and oxygen atoms in total. The van der Waals surface area contributed by atoms with Crippen LogP contribution in [0, 0.1) is 19.7 Å². The van der Waals surface area contributed by atoms with E-state index in [0.29, 0.717) is 16.8 Å². The monoisotopic (exact) mass is 531 g/mol. The van der Waals surface area contributed by atoms with Crippen LogP contribution in [0.25, 0.3) is 11.0 Å². The van der Waals surface area contributed by atoms with Crippen LogP contribution in [0.15, 0.2) is 94.3 Å². The van der Waals surface area contributed by atoms with Crippen molar-refractivity contribution in [2.24, 2.45) is 0 Å². The maximum Gasteiger partial charge on any atom is 0.297 e. The highest BCUT2D eigenvalue weighted by Crippen LogP contribution is 2.54. The third-order valence-corrected chi connectivity index (χ3v) is 7.70. The summed E-state index contributed by atoms with van der Waals surface area (Å²) in [6, 6.07) is 21.8. The second-order valence-electron chi connectivity index (χ2n) is 10.2. The van der Waals surface area contributed by atoms with Crippen molar-refractivity contribution < 1.29 is 18.4 Å². The van der Waals surface area contributed by atoms with E-state index in [1.165, 1.54) is 15.9 Å². The SMILES string of the molecule is Cc1ccnc(N2C(=O)c3oc4ccc(C)cc4c(=O)c3C23C(=O)N(Cc2ccccc2F)c2ccccc23)c1. The van der Waals surface area contributed by atoms with Crippen molar-refractivity contribution in [1.29, 1.82) is 0 Å². The molecule has 8 heteroatoms. The zero-order chi connectivity index (χ0) is 27.8. The fraction of sp³-hybridized carbons (Fsp3) is 0.125. The van der Waals surface area contributed by atoms with Crippen LogP contribution < -0.4 is 15.2 Å². The lowest BCUT2D eigenvalue weighted by Crippen LogP contribution is -2.54. The lowest BCUT2D eigenvalue weighted by molar-refractivity contribution is -0.121. The number of nitrogens with zero attached hydrogens (tertiary/aromatic N) is 3. The fourth-order valence-corrected chi connectivity index (χ4v) is 5.92. The van der Waals surface area contributed by atoms with E-state index < -0.39 is 28.6 Å². The van der Waals surface area contributed by atoms with E-state index in [2.05, 4.69) is 4.98 Å². The molecule has 1 unspecified atom stereocenters. The second-order valence-corrected chi connectivity index (χ2v) is 10.2. The van der Waals surface area contributed by atoms with Crippen LogP contribution in [-0.4, -0.2) is 16.8 Å². The number of pyridine rings is 1. The first kappa shape index (κ1) is 24.0. The molecular weight excluding hydrogens is 509 g/mol. The maximum absolute atomic E-state index is 14.8. The fourth-order valence-electron chi connectivity index (χ4n) is 5.92. The highest BCUT2D eigenvalue weighted by Gasteiger charge is 2.66. The van der Waals surface area contributed by atoms with E-state index in [4.69, 9.17) is 4.42 Å². The molecule has 0 fully saturated rings. The molecular formula is C32H22FN3O4. The molecule has 2 amide bonds. The number of carbonyl (C=O) groups excluding carboxylic acids is 2. The maximum atomic E-state index is 14.8. The van der Waals surface area contributed by atoms with E-state index in [0.717, 1.165) is 11.1 Å². The Hall–Kier alpha value is -5.11. The van der Waals surface area contributed by atoms with Crippen molar-refractivity contribution in [3.05, 3.63) is 135 Å². The predicted octanol–water partition coefficient (Wildman–Crippen LogP) is 5.39. The largest absolute Gasteiger partial charge is 0.450 e. The summed E-state index contributed by atoms with van der Waals surface area (Å²) in [5.74, 6) is -1.68. The molecule has 2 aromatic heterocycles. The van der Waals surface area contributed by atoms with Crippen LogP contribution >= 0.6 is 0 Å². The van der Waals surface area contributed by atoms with E-state index >= 15 is 0 Å². The molecule has 0 aliphatic carbocycles. The number of amides is 2. The molecule has 4 heterocycles. The molecule has 0 bridgehead atoms. The van der Waals surface area contributed by atoms with Gasteiger partial charge in [0.2, 0.25) is 5.76 Å². The number of carbonyl (C=O) groups is 2. The topological polar surface area (TPSA) is 83.7 Å². The molecule has 7 rings (SSSR count). The molecule has 0 radical (unpaired) electrons. The molecule has 0 N–H and O–H groups in total. The van der Waals surface area contributed by atoms with Gasteiger partial charge in [-0.05, 0) is 55.8 Å². The van der Waals surface area contributed by atoms with Gasteiger partial charge in [-0.1, -0.05) is 48.0 Å². The number of aryl methyl sites for hydroxylation is 2. The Morgan fingerprint density at radius 2 is 1.65 bits per heavy atom. The van der Waals surface area contributed by atoms with E-state index in [1.54, 1.807) is 79.0 Å². The number of anilines is 2. The highest BCUT2D eigenvalue weighted by molar-refractivity contribution is 6.24. The first-order valence-corrected chi connectivity index (χ1v) is 12.8. The highest BCUT2D eigenvalue weighted by atomic mass is 19.1. The summed E-state index contributed by atoms with van der Waals surface area (Å²) >= 11 is 0. The van der Waals surface area contributed by atoms with Crippen LogP contribution in [0.5, 0.6) is 0 Å². The van der Waals surface area contributed by atoms with Crippen molar-refractivity contribution in [2.75, 3.05) is 9.80 Å². The second kappa shape index (κ2) is 8.44. The standard InChI is InChI=1S/C32H22FN3O4/c1-18-11-12-25-21(15-18)28(37)27-29(40-25)30(38)36(26-16-19(2)13-14-34-26)32(27)22-8-4-6-10-24(22)35(31(32)39)17-20-7-3-5-9-23(20)33/h3-16H,17H2,1-2H3. The van der Waals surface area contributed by atoms with Gasteiger partial charge in [0.15, 0.2) is 11.0 Å². The van der Waals surface area contributed by atoms with Gasteiger partial charge in [0.1, 0.15) is 17.2 Å². The van der Waals surface area contributed by atoms with Gasteiger partial charge in [-0.25, -0.2) is 9.37 Å². The van der Waals surface area contributed by atoms with Gasteiger partial charge in [0.25, 0.3) is 11.8 Å². The van der Waals surface area contributed by atoms with Gasteiger partial charge >= 0.3 is 0 Å². The number of hydrogen-bond donors (Lipinski definition) is 0. The molecule has 1 atom stereocenters. The number of para-hydroxylation sites is 1. The van der Waals surface area contributed by atoms with Crippen molar-refractivity contribution in [3.8, 4) is 0 Å². The summed E-state index contributed by atoms with van der Waals surface area (Å²) in [4.78, 5) is 50.5. The summed E-state index contributed by atoms with van der Waals surface area (Å²) in [5.41, 5.74) is 0.650. The summed E-state index contributed by atoms with van der Waals surface area (Å²) in [7, 11) is 0. The van der Waals surface area contributed by atoms with Gasteiger partial charge in [-0.2, -0.15) is 0 Å². The zero-order valence-corrected chi connectivity index (χ0v) is 21.6. The van der Waals surface area contributed by atoms with Gasteiger partial charge in [0, 0.05) is 17.3 Å². The average molecular weight is 532 g/mol. The minimum absolute atomic E-state index is 0.0626. The number of hydrogen-bond acceptors (Lipinski definition) is 5. The number of rotatable bonds is 3. The van der Waals surface area contributed by atoms with Crippen LogP contribution in [0.2, 0.25) is 0 Å². The lowest BCUT2D eigenvalue weighted by Gasteiger charge is -2.33. The van der Waals surface area contributed by atoms with Crippen LogP contribution in [-0.2, 0) is 16.9 Å². The molecule has 0 saturated carbocycles. The third-order valence-electron chi connectivity index (χ3n) is 7.70. The smallest absolute Gasteiger partial charge is 0.297 e. The Kier molecular flexibility index (Phi) is 5.06. The van der Waals surface area contributed by atoms with Gasteiger partial charge in [0.05, 0.1) is 23.2 Å². The summed E-state index contributed by atoms with van der Waals surface area (Å²) in [5, 5.41) is 0.266. The average Bonchev–Trinajstić information content (AvgIpc) is 3.35. The Bertz CT molecular complexity index is 1970. The van der Waals surface area contributed by atoms with Crippen molar-refractivity contribution in [1.82, 2.24) is 4.98 Å². The lowest BCUT2D eigenvalue weighted by atomic mass is 9.84. The summed E-state index contributed by atoms with van der Waals surface area (Å²) in [6.45, 7) is 3.60. The molecule has 196 valence electrons. The molecule has 1 spiro atoms. The Morgan fingerprint density at radius 3 is 2.45 bits per heavy atom. The molecule has 40 heavy (non-hydrogen) atoms. The molecule has 3 aromatic carbocycles. The van der Waals surface area contributed by atoms with E-state index in [-0.39, 0.29) is 34.7 Å². The molecule has 5 aromatic rings. The summed E-state index contributed by atoms with van der Waals surface area (Å²) < 4.78 is 20.9. The molecule has 0 saturated heterocycles. The van der Waals surface area contributed by atoms with Gasteiger partial charge < -0.3 is 9.32 Å². The van der Waals surface area contributed by atoms with E-state index in [1.807, 2.05) is 13.8 Å². The molecule has 2 aliphatic heterocycles. The zero-order valence-electron chi connectivity index (χ0n) is 21.6. The number of fused-ring (bicyclic) bond motifs is 5. The first-order valence-electron chi connectivity index (χ1n) is 12.8. The predicted molar refractivity (Wildman–Crippen MR) is 148 cm³/mol. The number of aromatic nitrogens is 1. The normalized spacial score (nSPS) is 17.7. The minimum atomic E-state index is -1.90. The van der Waals surface area contributed by atoms with E-state index in [9.17, 15) is 18.8 Å². The van der Waals surface area contributed by atoms with Crippen LogP contribution in [0.1, 0.15) is 38.4 Å². The van der Waals surface area contributed by atoms with Crippen molar-refractivity contribution >= 4 is 34.3 Å². The van der Waals surface area contributed by atoms with Crippen molar-refractivity contribution in [2.45, 2.75) is 25.9 Å².